The molecule has 8 aromatic carbocycles. The van der Waals surface area contributed by atoms with Gasteiger partial charge in [0.1, 0.15) is 11.2 Å². The molecule has 12 aromatic rings. The van der Waals surface area contributed by atoms with Crippen molar-refractivity contribution in [3.63, 3.8) is 0 Å². The van der Waals surface area contributed by atoms with Crippen LogP contribution in [0.15, 0.2) is 199 Å². The van der Waals surface area contributed by atoms with Gasteiger partial charge in [0.15, 0.2) is 5.82 Å². The lowest BCUT2D eigenvalue weighted by Gasteiger charge is -2.21. The van der Waals surface area contributed by atoms with E-state index in [-0.39, 0.29) is 0 Å². The van der Waals surface area contributed by atoms with Crippen molar-refractivity contribution in [2.45, 2.75) is 0 Å². The van der Waals surface area contributed by atoms with Gasteiger partial charge in [-0.3, -0.25) is 0 Å². The van der Waals surface area contributed by atoms with E-state index in [9.17, 15) is 0 Å². The molecule has 5 nitrogen and oxygen atoms in total. The molecular weight excluding hydrogens is 697 g/mol. The molecule has 4 heterocycles. The lowest BCUT2D eigenvalue weighted by atomic mass is 10.0. The highest BCUT2D eigenvalue weighted by Gasteiger charge is 2.29. The SMILES string of the molecule is c1ccc(-c2cc(-c3ccccc3)nc(-c3c(-n4c5ccccc5c5ccccc54)cc4oc5ccccc5c4c3-n3c4ccccc4c4ccccc43)n2)cc1. The van der Waals surface area contributed by atoms with Gasteiger partial charge < -0.3 is 13.6 Å². The Morgan fingerprint density at radius 2 is 0.789 bits per heavy atom. The number of aromatic nitrogens is 4. The molecule has 0 radical (unpaired) electrons. The van der Waals surface area contributed by atoms with Crippen molar-refractivity contribution in [2.24, 2.45) is 0 Å². The smallest absolute Gasteiger partial charge is 0.164 e. The minimum Gasteiger partial charge on any atom is -0.456 e. The van der Waals surface area contributed by atoms with E-state index in [0.29, 0.717) is 5.82 Å². The fraction of sp³-hybridized carbons (Fsp3) is 0. The maximum Gasteiger partial charge on any atom is 0.164 e. The van der Waals surface area contributed by atoms with Crippen LogP contribution in [-0.2, 0) is 0 Å². The van der Waals surface area contributed by atoms with Crippen LogP contribution in [-0.4, -0.2) is 19.1 Å². The van der Waals surface area contributed by atoms with Crippen LogP contribution in [0.5, 0.6) is 0 Å². The Morgan fingerprint density at radius 1 is 0.368 bits per heavy atom. The molecule has 0 atom stereocenters. The van der Waals surface area contributed by atoms with E-state index in [1.807, 2.05) is 18.2 Å². The van der Waals surface area contributed by atoms with Gasteiger partial charge in [-0.15, -0.1) is 0 Å². The number of rotatable bonds is 5. The fourth-order valence-corrected chi connectivity index (χ4v) is 8.89. The lowest BCUT2D eigenvalue weighted by Crippen LogP contribution is -2.07. The number of hydrogen-bond acceptors (Lipinski definition) is 3. The zero-order valence-electron chi connectivity index (χ0n) is 30.7. The van der Waals surface area contributed by atoms with Crippen LogP contribution in [0, 0.1) is 0 Å². The molecule has 0 bridgehead atoms. The highest BCUT2D eigenvalue weighted by atomic mass is 16.3. The minimum absolute atomic E-state index is 0.621. The van der Waals surface area contributed by atoms with E-state index in [2.05, 4.69) is 185 Å². The van der Waals surface area contributed by atoms with Gasteiger partial charge in [0.25, 0.3) is 0 Å². The summed E-state index contributed by atoms with van der Waals surface area (Å²) >= 11 is 0. The Hall–Kier alpha value is -7.76. The summed E-state index contributed by atoms with van der Waals surface area (Å²) in [7, 11) is 0. The summed E-state index contributed by atoms with van der Waals surface area (Å²) in [6.07, 6.45) is 0. The van der Waals surface area contributed by atoms with E-state index in [0.717, 1.165) is 83.5 Å². The summed E-state index contributed by atoms with van der Waals surface area (Å²) in [4.78, 5) is 11.1. The first-order valence-electron chi connectivity index (χ1n) is 19.3. The van der Waals surface area contributed by atoms with Crippen molar-refractivity contribution in [2.75, 3.05) is 0 Å². The number of para-hydroxylation sites is 5. The maximum atomic E-state index is 6.89. The van der Waals surface area contributed by atoms with Gasteiger partial charge >= 0.3 is 0 Å². The summed E-state index contributed by atoms with van der Waals surface area (Å²) in [6.45, 7) is 0. The van der Waals surface area contributed by atoms with Gasteiger partial charge in [0, 0.05) is 44.1 Å². The van der Waals surface area contributed by atoms with Crippen LogP contribution >= 0.6 is 0 Å². The molecule has 0 saturated carbocycles. The Bertz CT molecular complexity index is 3360. The second-order valence-corrected chi connectivity index (χ2v) is 14.5. The number of benzene rings is 8. The second kappa shape index (κ2) is 12.4. The molecule has 0 unspecified atom stereocenters. The van der Waals surface area contributed by atoms with Gasteiger partial charge in [0.2, 0.25) is 0 Å². The van der Waals surface area contributed by atoms with Crippen molar-refractivity contribution in [1.82, 2.24) is 19.1 Å². The monoisotopic (exact) mass is 728 g/mol. The number of nitrogens with zero attached hydrogens (tertiary/aromatic N) is 4. The summed E-state index contributed by atoms with van der Waals surface area (Å²) in [5, 5.41) is 6.73. The first-order chi connectivity index (χ1) is 28.3. The lowest BCUT2D eigenvalue weighted by molar-refractivity contribution is 0.668. The normalized spacial score (nSPS) is 11.9. The van der Waals surface area contributed by atoms with E-state index in [4.69, 9.17) is 14.4 Å². The number of furan rings is 1. The van der Waals surface area contributed by atoms with Crippen LogP contribution in [0.25, 0.3) is 111 Å². The molecule has 0 aliphatic heterocycles. The Kier molecular flexibility index (Phi) is 6.86. The molecular formula is C52H32N4O. The van der Waals surface area contributed by atoms with Crippen LogP contribution in [0.1, 0.15) is 0 Å². The standard InChI is InChI=1S/C52H32N4O/c1-3-17-33(18-4-1)40-31-41(34-19-5-2-6-20-34)54-52(53-40)50-46(55-42-26-12-7-21-35(42)36-22-8-13-27-43(36)55)32-48-49(39-25-11-16-30-47(39)57-48)51(50)56-44-28-14-9-23-37(44)38-24-10-15-29-45(38)56/h1-32H. The molecule has 0 amide bonds. The van der Waals surface area contributed by atoms with Crippen LogP contribution in [0.4, 0.5) is 0 Å². The first kappa shape index (κ1) is 31.6. The maximum absolute atomic E-state index is 6.89. The van der Waals surface area contributed by atoms with E-state index in [1.54, 1.807) is 0 Å². The Morgan fingerprint density at radius 3 is 1.30 bits per heavy atom. The zero-order chi connectivity index (χ0) is 37.5. The summed E-state index contributed by atoms with van der Waals surface area (Å²) < 4.78 is 11.7. The van der Waals surface area contributed by atoms with E-state index < -0.39 is 0 Å². The van der Waals surface area contributed by atoms with Crippen molar-refractivity contribution >= 4 is 65.6 Å². The average Bonchev–Trinajstić information content (AvgIpc) is 3.94. The van der Waals surface area contributed by atoms with Crippen molar-refractivity contribution < 1.29 is 4.42 Å². The molecule has 0 spiro atoms. The van der Waals surface area contributed by atoms with Gasteiger partial charge in [0.05, 0.1) is 55.8 Å². The largest absolute Gasteiger partial charge is 0.456 e. The quantitative estimate of drug-likeness (QED) is 0.177. The Labute approximate surface area is 327 Å². The Balaban J connectivity index is 1.35. The summed E-state index contributed by atoms with van der Waals surface area (Å²) in [6, 6.07) is 68.2. The molecule has 0 aliphatic carbocycles. The van der Waals surface area contributed by atoms with E-state index >= 15 is 0 Å². The van der Waals surface area contributed by atoms with Gasteiger partial charge in [-0.2, -0.15) is 0 Å². The molecule has 12 rings (SSSR count). The number of fused-ring (bicyclic) bond motifs is 9. The molecule has 0 aliphatic rings. The molecule has 5 heteroatoms. The van der Waals surface area contributed by atoms with Crippen molar-refractivity contribution in [3.8, 4) is 45.3 Å². The molecule has 57 heavy (non-hydrogen) atoms. The topological polar surface area (TPSA) is 48.8 Å². The van der Waals surface area contributed by atoms with Gasteiger partial charge in [-0.25, -0.2) is 9.97 Å². The third kappa shape index (κ3) is 4.76. The molecule has 266 valence electrons. The number of hydrogen-bond donors (Lipinski definition) is 0. The first-order valence-corrected chi connectivity index (χ1v) is 19.3. The highest BCUT2D eigenvalue weighted by Crippen LogP contribution is 2.47. The van der Waals surface area contributed by atoms with Gasteiger partial charge in [-0.05, 0) is 36.4 Å². The molecule has 0 fully saturated rings. The minimum atomic E-state index is 0.621. The highest BCUT2D eigenvalue weighted by molar-refractivity contribution is 6.18. The summed E-state index contributed by atoms with van der Waals surface area (Å²) in [5.41, 5.74) is 12.5. The van der Waals surface area contributed by atoms with E-state index in [1.165, 1.54) is 21.5 Å². The third-order valence-electron chi connectivity index (χ3n) is 11.3. The second-order valence-electron chi connectivity index (χ2n) is 14.5. The fourth-order valence-electron chi connectivity index (χ4n) is 8.89. The molecule has 4 aromatic heterocycles. The van der Waals surface area contributed by atoms with Crippen molar-refractivity contribution in [3.05, 3.63) is 194 Å². The van der Waals surface area contributed by atoms with Crippen molar-refractivity contribution in [1.29, 1.82) is 0 Å². The predicted octanol–water partition coefficient (Wildman–Crippen LogP) is 13.6. The van der Waals surface area contributed by atoms with Crippen LogP contribution in [0.2, 0.25) is 0 Å². The van der Waals surface area contributed by atoms with Crippen LogP contribution < -0.4 is 0 Å². The van der Waals surface area contributed by atoms with Crippen LogP contribution in [0.3, 0.4) is 0 Å². The molecule has 0 saturated heterocycles. The average molecular weight is 729 g/mol. The zero-order valence-corrected chi connectivity index (χ0v) is 30.7. The predicted molar refractivity (Wildman–Crippen MR) is 234 cm³/mol. The van der Waals surface area contributed by atoms with Gasteiger partial charge in [-0.1, -0.05) is 152 Å². The molecule has 0 N–H and O–H groups in total. The third-order valence-corrected chi connectivity index (χ3v) is 11.3. The summed E-state index contributed by atoms with van der Waals surface area (Å²) in [5.74, 6) is 0.621.